The summed E-state index contributed by atoms with van der Waals surface area (Å²) >= 11 is 0. The SMILES string of the molecule is CC(C)(C)OC(=O)NCC(CC1CCO1)O[Si](C)(C)C(C)(C)C. The molecule has 0 spiro atoms. The van der Waals surface area contributed by atoms with Gasteiger partial charge in [-0.15, -0.1) is 0 Å². The van der Waals surface area contributed by atoms with Crippen LogP contribution in [0, 0.1) is 0 Å². The molecule has 23 heavy (non-hydrogen) atoms. The lowest BCUT2D eigenvalue weighted by molar-refractivity contribution is -0.0715. The topological polar surface area (TPSA) is 56.8 Å². The van der Waals surface area contributed by atoms with E-state index in [1.807, 2.05) is 20.8 Å². The predicted molar refractivity (Wildman–Crippen MR) is 95.3 cm³/mol. The van der Waals surface area contributed by atoms with Crippen molar-refractivity contribution >= 4 is 14.4 Å². The molecule has 1 heterocycles. The minimum atomic E-state index is -1.89. The van der Waals surface area contributed by atoms with Gasteiger partial charge in [-0.05, 0) is 45.3 Å². The average Bonchev–Trinajstić information content (AvgIpc) is 2.26. The highest BCUT2D eigenvalue weighted by molar-refractivity contribution is 6.74. The highest BCUT2D eigenvalue weighted by Gasteiger charge is 2.40. The van der Waals surface area contributed by atoms with Crippen LogP contribution in [0.1, 0.15) is 54.4 Å². The van der Waals surface area contributed by atoms with Gasteiger partial charge in [0.05, 0.1) is 12.2 Å². The van der Waals surface area contributed by atoms with Crippen molar-refractivity contribution in [3.05, 3.63) is 0 Å². The minimum absolute atomic E-state index is 0.0336. The van der Waals surface area contributed by atoms with Gasteiger partial charge < -0.3 is 19.2 Å². The van der Waals surface area contributed by atoms with Crippen LogP contribution in [0.2, 0.25) is 18.1 Å². The molecule has 1 aliphatic rings. The van der Waals surface area contributed by atoms with Crippen LogP contribution in [0.15, 0.2) is 0 Å². The van der Waals surface area contributed by atoms with Crippen LogP contribution in [0.5, 0.6) is 0 Å². The van der Waals surface area contributed by atoms with Crippen LogP contribution in [0.4, 0.5) is 4.79 Å². The van der Waals surface area contributed by atoms with Crippen molar-refractivity contribution in [1.29, 1.82) is 0 Å². The first-order chi connectivity index (χ1) is 10.3. The number of carbonyl (C=O) groups excluding carboxylic acids is 1. The summed E-state index contributed by atoms with van der Waals surface area (Å²) in [6, 6.07) is 0. The maximum atomic E-state index is 11.9. The summed E-state index contributed by atoms with van der Waals surface area (Å²) in [5.41, 5.74) is -0.489. The summed E-state index contributed by atoms with van der Waals surface area (Å²) in [4.78, 5) is 11.9. The van der Waals surface area contributed by atoms with E-state index >= 15 is 0 Å². The molecule has 0 radical (unpaired) electrons. The molecular weight excluding hydrogens is 310 g/mol. The Morgan fingerprint density at radius 1 is 1.26 bits per heavy atom. The molecule has 5 nitrogen and oxygen atoms in total. The Balaban J connectivity index is 2.60. The predicted octanol–water partition coefficient (Wildman–Crippen LogP) is 4.08. The van der Waals surface area contributed by atoms with Crippen LogP contribution in [0.3, 0.4) is 0 Å². The van der Waals surface area contributed by atoms with Crippen molar-refractivity contribution in [2.24, 2.45) is 0 Å². The first kappa shape index (κ1) is 20.5. The van der Waals surface area contributed by atoms with Gasteiger partial charge in [0.25, 0.3) is 0 Å². The highest BCUT2D eigenvalue weighted by atomic mass is 28.4. The summed E-state index contributed by atoms with van der Waals surface area (Å²) in [6.07, 6.45) is 1.72. The Morgan fingerprint density at radius 2 is 1.83 bits per heavy atom. The Morgan fingerprint density at radius 3 is 2.22 bits per heavy atom. The lowest BCUT2D eigenvalue weighted by atomic mass is 10.1. The second-order valence-corrected chi connectivity index (χ2v) is 13.7. The maximum Gasteiger partial charge on any atom is 0.407 e. The van der Waals surface area contributed by atoms with E-state index in [-0.39, 0.29) is 17.2 Å². The molecule has 6 heteroatoms. The molecule has 0 aliphatic carbocycles. The van der Waals surface area contributed by atoms with E-state index in [1.54, 1.807) is 0 Å². The lowest BCUT2D eigenvalue weighted by Crippen LogP contribution is -2.49. The zero-order valence-electron chi connectivity index (χ0n) is 16.1. The first-order valence-corrected chi connectivity index (χ1v) is 11.5. The summed E-state index contributed by atoms with van der Waals surface area (Å²) in [5.74, 6) is 0. The van der Waals surface area contributed by atoms with E-state index in [0.717, 1.165) is 19.4 Å². The number of nitrogens with one attached hydrogen (secondary N) is 1. The van der Waals surface area contributed by atoms with Crippen molar-refractivity contribution in [3.63, 3.8) is 0 Å². The van der Waals surface area contributed by atoms with E-state index in [2.05, 4.69) is 39.2 Å². The van der Waals surface area contributed by atoms with Crippen molar-refractivity contribution in [2.75, 3.05) is 13.2 Å². The van der Waals surface area contributed by atoms with Crippen LogP contribution < -0.4 is 5.32 Å². The van der Waals surface area contributed by atoms with Gasteiger partial charge >= 0.3 is 6.09 Å². The van der Waals surface area contributed by atoms with Gasteiger partial charge in [0, 0.05) is 19.6 Å². The van der Waals surface area contributed by atoms with Gasteiger partial charge in [-0.1, -0.05) is 20.8 Å². The molecule has 0 saturated carbocycles. The number of hydrogen-bond acceptors (Lipinski definition) is 4. The van der Waals surface area contributed by atoms with Crippen LogP contribution >= 0.6 is 0 Å². The fourth-order valence-corrected chi connectivity index (χ4v) is 3.41. The van der Waals surface area contributed by atoms with Crippen LogP contribution in [-0.4, -0.2) is 45.4 Å². The van der Waals surface area contributed by atoms with Gasteiger partial charge in [0.15, 0.2) is 8.32 Å². The van der Waals surface area contributed by atoms with Crippen LogP contribution in [0.25, 0.3) is 0 Å². The fraction of sp³-hybridized carbons (Fsp3) is 0.941. The molecule has 1 fully saturated rings. The van der Waals surface area contributed by atoms with Crippen molar-refractivity contribution < 1.29 is 18.7 Å². The molecule has 136 valence electrons. The maximum absolute atomic E-state index is 11.9. The molecule has 2 atom stereocenters. The Labute approximate surface area is 142 Å². The fourth-order valence-electron chi connectivity index (χ4n) is 2.04. The van der Waals surface area contributed by atoms with E-state index in [0.29, 0.717) is 6.54 Å². The molecule has 0 bridgehead atoms. The smallest absolute Gasteiger partial charge is 0.407 e. The quantitative estimate of drug-likeness (QED) is 0.737. The van der Waals surface area contributed by atoms with E-state index in [4.69, 9.17) is 13.9 Å². The number of hydrogen-bond donors (Lipinski definition) is 1. The highest BCUT2D eigenvalue weighted by Crippen LogP contribution is 2.38. The Bertz CT molecular complexity index is 394. The molecule has 0 aromatic rings. The lowest BCUT2D eigenvalue weighted by Gasteiger charge is -2.41. The van der Waals surface area contributed by atoms with Crippen molar-refractivity contribution in [2.45, 2.75) is 90.3 Å². The van der Waals surface area contributed by atoms with Gasteiger partial charge in [-0.3, -0.25) is 0 Å². The third kappa shape index (κ3) is 7.22. The van der Waals surface area contributed by atoms with Gasteiger partial charge in [-0.25, -0.2) is 4.79 Å². The summed E-state index contributed by atoms with van der Waals surface area (Å²) in [7, 11) is -1.89. The Hall–Kier alpha value is -0.593. The third-order valence-electron chi connectivity index (χ3n) is 4.46. The average molecular weight is 346 g/mol. The second kappa shape index (κ2) is 7.53. The zero-order valence-corrected chi connectivity index (χ0v) is 17.1. The molecule has 1 aliphatic heterocycles. The van der Waals surface area contributed by atoms with Gasteiger partial charge in [0.2, 0.25) is 0 Å². The number of ether oxygens (including phenoxy) is 2. The Kier molecular flexibility index (Phi) is 6.70. The van der Waals surface area contributed by atoms with Crippen molar-refractivity contribution in [3.8, 4) is 0 Å². The number of amides is 1. The minimum Gasteiger partial charge on any atom is -0.444 e. The summed E-state index contributed by atoms with van der Waals surface area (Å²) < 4.78 is 17.3. The number of carbonyl (C=O) groups is 1. The monoisotopic (exact) mass is 345 g/mol. The molecule has 0 aromatic carbocycles. The molecule has 1 saturated heterocycles. The molecule has 0 aromatic heterocycles. The largest absolute Gasteiger partial charge is 0.444 e. The molecule has 2 unspecified atom stereocenters. The number of alkyl carbamates (subject to hydrolysis) is 1. The third-order valence-corrected chi connectivity index (χ3v) is 8.99. The normalized spacial score (nSPS) is 20.6. The first-order valence-electron chi connectivity index (χ1n) is 8.56. The van der Waals surface area contributed by atoms with E-state index < -0.39 is 20.0 Å². The summed E-state index contributed by atoms with van der Waals surface area (Å²) in [6.45, 7) is 18.0. The number of rotatable bonds is 6. The summed E-state index contributed by atoms with van der Waals surface area (Å²) in [5, 5.41) is 2.98. The molecule has 1 amide bonds. The second-order valence-electron chi connectivity index (χ2n) is 8.90. The molecule has 1 rings (SSSR count). The van der Waals surface area contributed by atoms with Gasteiger partial charge in [0.1, 0.15) is 5.60 Å². The van der Waals surface area contributed by atoms with Gasteiger partial charge in [-0.2, -0.15) is 0 Å². The molecular formula is C17H35NO4Si. The van der Waals surface area contributed by atoms with E-state index in [9.17, 15) is 4.79 Å². The van der Waals surface area contributed by atoms with E-state index in [1.165, 1.54) is 0 Å². The van der Waals surface area contributed by atoms with Crippen molar-refractivity contribution in [1.82, 2.24) is 5.32 Å². The van der Waals surface area contributed by atoms with Crippen LogP contribution in [-0.2, 0) is 13.9 Å². The zero-order chi connectivity index (χ0) is 17.9. The standard InChI is InChI=1S/C17H35NO4Si/c1-16(2,3)21-15(19)18-12-14(11-13-9-10-20-13)22-23(7,8)17(4,5)6/h13-14H,9-12H2,1-8H3,(H,18,19). The molecule has 1 N–H and O–H groups in total.